The normalized spacial score (nSPS) is 20.9. The number of halogens is 3. The molecule has 4 rings (SSSR count). The lowest BCUT2D eigenvalue weighted by Crippen LogP contribution is -2.54. The highest BCUT2D eigenvalue weighted by Crippen LogP contribution is 2.31. The zero-order valence-electron chi connectivity index (χ0n) is 24.6. The van der Waals surface area contributed by atoms with Gasteiger partial charge < -0.3 is 42.4 Å². The Labute approximate surface area is 253 Å². The second-order valence-electron chi connectivity index (χ2n) is 11.9. The van der Waals surface area contributed by atoms with Gasteiger partial charge in [0.05, 0.1) is 17.2 Å². The number of carbonyl (C=O) groups excluding carboxylic acids is 3. The van der Waals surface area contributed by atoms with Crippen LogP contribution in [0.15, 0.2) is 42.5 Å². The van der Waals surface area contributed by atoms with Gasteiger partial charge in [-0.25, -0.2) is 0 Å². The number of nitrogens with zero attached hydrogens (tertiary/aromatic N) is 1. The summed E-state index contributed by atoms with van der Waals surface area (Å²) in [5.74, 6) is -1.62. The van der Waals surface area contributed by atoms with Gasteiger partial charge in [0.1, 0.15) is 6.04 Å². The lowest BCUT2D eigenvalue weighted by molar-refractivity contribution is -0.137. The topological polar surface area (TPSA) is 186 Å². The number of carbonyl (C=O) groups is 3. The maximum atomic E-state index is 13.4. The van der Waals surface area contributed by atoms with Crippen molar-refractivity contribution in [2.24, 2.45) is 17.2 Å². The van der Waals surface area contributed by atoms with Gasteiger partial charge in [0.15, 0.2) is 0 Å². The number of hydrogen-bond acceptors (Lipinski definition) is 8. The maximum Gasteiger partial charge on any atom is 0.492 e. The Morgan fingerprint density at radius 1 is 1.09 bits per heavy atom. The van der Waals surface area contributed by atoms with Crippen LogP contribution in [-0.2, 0) is 37.2 Å². The molecule has 11 nitrogen and oxygen atoms in total. The minimum Gasteiger partial charge on any atom is -0.423 e. The van der Waals surface area contributed by atoms with E-state index in [1.807, 2.05) is 0 Å². The molecule has 9 N–H and O–H groups in total. The van der Waals surface area contributed by atoms with Crippen LogP contribution in [0.5, 0.6) is 0 Å². The van der Waals surface area contributed by atoms with Gasteiger partial charge in [-0.2, -0.15) is 13.2 Å². The Bertz CT molecular complexity index is 1370. The Morgan fingerprint density at radius 3 is 2.34 bits per heavy atom. The van der Waals surface area contributed by atoms with Crippen LogP contribution >= 0.6 is 0 Å². The molecule has 2 aromatic rings. The van der Waals surface area contributed by atoms with E-state index in [1.54, 1.807) is 36.9 Å². The zero-order valence-corrected chi connectivity index (χ0v) is 24.6. The monoisotopic (exact) mass is 618 g/mol. The highest BCUT2D eigenvalue weighted by molar-refractivity contribution is 6.62. The molecule has 0 aliphatic carbocycles. The number of nitrogens with two attached hydrogens (primary N) is 3. The fourth-order valence-corrected chi connectivity index (χ4v) is 5.53. The van der Waals surface area contributed by atoms with Crippen molar-refractivity contribution in [1.29, 1.82) is 0 Å². The summed E-state index contributed by atoms with van der Waals surface area (Å²) in [5, 5.41) is 15.6. The van der Waals surface area contributed by atoms with E-state index in [1.165, 1.54) is 12.1 Å². The summed E-state index contributed by atoms with van der Waals surface area (Å²) in [6, 6.07) is 6.27. The Hall–Kier alpha value is -3.50. The third-order valence-electron chi connectivity index (χ3n) is 7.87. The molecule has 1 saturated heterocycles. The smallest absolute Gasteiger partial charge is 0.423 e. The van der Waals surface area contributed by atoms with Crippen LogP contribution in [0.4, 0.5) is 18.9 Å². The van der Waals surface area contributed by atoms with Gasteiger partial charge in [-0.1, -0.05) is 18.2 Å². The van der Waals surface area contributed by atoms with Crippen LogP contribution in [-0.4, -0.2) is 72.0 Å². The molecular weight excluding hydrogens is 580 g/mol. The van der Waals surface area contributed by atoms with Gasteiger partial charge in [0.2, 0.25) is 17.7 Å². The second kappa shape index (κ2) is 13.2. The quantitative estimate of drug-likeness (QED) is 0.217. The van der Waals surface area contributed by atoms with Crippen LogP contribution < -0.4 is 33.3 Å². The molecule has 0 aromatic heterocycles. The van der Waals surface area contributed by atoms with Crippen molar-refractivity contribution in [2.75, 3.05) is 18.4 Å². The van der Waals surface area contributed by atoms with Crippen molar-refractivity contribution < 1.29 is 37.2 Å². The highest BCUT2D eigenvalue weighted by atomic mass is 19.4. The Morgan fingerprint density at radius 2 is 1.73 bits per heavy atom. The van der Waals surface area contributed by atoms with Gasteiger partial charge in [-0.15, -0.1) is 0 Å². The van der Waals surface area contributed by atoms with Gasteiger partial charge in [0.25, 0.3) is 0 Å². The Balaban J connectivity index is 1.45. The number of amides is 3. The summed E-state index contributed by atoms with van der Waals surface area (Å²) in [7, 11) is -1.20. The number of alkyl halides is 3. The molecule has 2 aromatic carbocycles. The average molecular weight is 618 g/mol. The fourth-order valence-electron chi connectivity index (χ4n) is 5.53. The molecule has 4 atom stereocenters. The van der Waals surface area contributed by atoms with Gasteiger partial charge in [-0.3, -0.25) is 14.4 Å². The lowest BCUT2D eigenvalue weighted by Gasteiger charge is -2.34. The number of anilines is 1. The van der Waals surface area contributed by atoms with Gasteiger partial charge in [-0.05, 0) is 67.5 Å². The van der Waals surface area contributed by atoms with Crippen LogP contribution in [0.1, 0.15) is 49.8 Å². The first-order valence-corrected chi connectivity index (χ1v) is 14.4. The van der Waals surface area contributed by atoms with E-state index in [4.69, 9.17) is 21.9 Å². The molecule has 0 bridgehead atoms. The predicted molar refractivity (Wildman–Crippen MR) is 158 cm³/mol. The summed E-state index contributed by atoms with van der Waals surface area (Å²) in [4.78, 5) is 40.7. The lowest BCUT2D eigenvalue weighted by atomic mass is 9.78. The molecule has 0 radical (unpaired) electrons. The average Bonchev–Trinajstić information content (AvgIpc) is 3.17. The van der Waals surface area contributed by atoms with Gasteiger partial charge in [0, 0.05) is 43.7 Å². The minimum atomic E-state index is -4.53. The second-order valence-corrected chi connectivity index (χ2v) is 11.9. The molecule has 1 fully saturated rings. The summed E-state index contributed by atoms with van der Waals surface area (Å²) >= 11 is 0. The molecule has 0 spiro atoms. The van der Waals surface area contributed by atoms with Crippen LogP contribution in [0, 0.1) is 0 Å². The standard InChI is InChI=1S/C29H38BF3N6O5/c1-28(2)21-8-7-20(13-22(21)30(43)44-28)37-27(42)24(11-16-3-5-17(6-4-16)29(31,32)33)38-26(41)23(36)9-10-25(40)39-14-18(34)12-19(35)15-39/h3-8,13,18-19,23-24,43H,9-12,14-15,34-36H2,1-2H3,(H,37,42)(H,38,41). The molecule has 15 heteroatoms. The fraction of sp³-hybridized carbons (Fsp3) is 0.483. The Kier molecular flexibility index (Phi) is 10.1. The van der Waals surface area contributed by atoms with E-state index in [0.29, 0.717) is 36.2 Å². The maximum absolute atomic E-state index is 13.4. The molecule has 44 heavy (non-hydrogen) atoms. The van der Waals surface area contributed by atoms with Crippen molar-refractivity contribution in [3.63, 3.8) is 0 Å². The van der Waals surface area contributed by atoms with E-state index >= 15 is 0 Å². The van der Waals surface area contributed by atoms with E-state index in [0.717, 1.165) is 17.7 Å². The molecular formula is C29H38BF3N6O5. The van der Waals surface area contributed by atoms with E-state index in [2.05, 4.69) is 10.6 Å². The first kappa shape index (κ1) is 33.4. The third kappa shape index (κ3) is 8.15. The molecule has 3 amide bonds. The number of rotatable bonds is 9. The summed E-state index contributed by atoms with van der Waals surface area (Å²) in [5.41, 5.74) is 18.3. The number of hydrogen-bond donors (Lipinski definition) is 6. The van der Waals surface area contributed by atoms with E-state index in [9.17, 15) is 32.6 Å². The SMILES string of the molecule is CC1(C)OB(O)c2cc(NC(=O)C(Cc3ccc(C(F)(F)F)cc3)NC(=O)C(N)CCC(=O)N3CC(N)CC(N)C3)ccc21. The van der Waals surface area contributed by atoms with Gasteiger partial charge >= 0.3 is 13.3 Å². The van der Waals surface area contributed by atoms with Crippen LogP contribution in [0.2, 0.25) is 0 Å². The zero-order chi connectivity index (χ0) is 32.4. The first-order chi connectivity index (χ1) is 20.5. The molecule has 4 unspecified atom stereocenters. The highest BCUT2D eigenvalue weighted by Gasteiger charge is 2.40. The summed E-state index contributed by atoms with van der Waals surface area (Å²) < 4.78 is 44.8. The van der Waals surface area contributed by atoms with E-state index < -0.39 is 48.4 Å². The first-order valence-electron chi connectivity index (χ1n) is 14.4. The van der Waals surface area contributed by atoms with Crippen molar-refractivity contribution in [3.8, 4) is 0 Å². The summed E-state index contributed by atoms with van der Waals surface area (Å²) in [6.07, 6.45) is -4.13. The van der Waals surface area contributed by atoms with E-state index in [-0.39, 0.29) is 37.3 Å². The number of piperidine rings is 1. The van der Waals surface area contributed by atoms with Crippen molar-refractivity contribution >= 4 is 36.0 Å². The van der Waals surface area contributed by atoms with Crippen LogP contribution in [0.3, 0.4) is 0 Å². The van der Waals surface area contributed by atoms with Crippen LogP contribution in [0.25, 0.3) is 0 Å². The minimum absolute atomic E-state index is 0.0151. The predicted octanol–water partition coefficient (Wildman–Crippen LogP) is 0.319. The molecule has 238 valence electrons. The van der Waals surface area contributed by atoms with Crippen molar-refractivity contribution in [3.05, 3.63) is 59.2 Å². The summed E-state index contributed by atoms with van der Waals surface area (Å²) in [6.45, 7) is 4.30. The number of likely N-dealkylation sites (tertiary alicyclic amines) is 1. The van der Waals surface area contributed by atoms with Crippen molar-refractivity contribution in [1.82, 2.24) is 10.2 Å². The number of benzene rings is 2. The number of nitrogens with one attached hydrogen (secondary N) is 2. The molecule has 2 heterocycles. The van der Waals surface area contributed by atoms with Crippen molar-refractivity contribution in [2.45, 2.75) is 75.5 Å². The molecule has 2 aliphatic heterocycles. The third-order valence-corrected chi connectivity index (χ3v) is 7.87. The molecule has 2 aliphatic rings. The molecule has 0 saturated carbocycles. The number of fused-ring (bicyclic) bond motifs is 1. The largest absolute Gasteiger partial charge is 0.492 e.